The Hall–Kier alpha value is -5.57. The van der Waals surface area contributed by atoms with Gasteiger partial charge in [0.15, 0.2) is 5.43 Å². The highest BCUT2D eigenvalue weighted by molar-refractivity contribution is 5.94. The molecule has 9 heteroatoms. The topological polar surface area (TPSA) is 124 Å². The number of hydrogen-bond donors (Lipinski definition) is 2. The molecule has 1 amide bonds. The molecule has 0 aliphatic heterocycles. The van der Waals surface area contributed by atoms with E-state index in [0.29, 0.717) is 39.7 Å². The second kappa shape index (κ2) is 13.0. The van der Waals surface area contributed by atoms with Crippen molar-refractivity contribution >= 4 is 28.5 Å². The highest BCUT2D eigenvalue weighted by atomic mass is 16.5. The molecule has 41 heavy (non-hydrogen) atoms. The van der Waals surface area contributed by atoms with Crippen molar-refractivity contribution in [1.82, 2.24) is 0 Å². The molecule has 4 aromatic carbocycles. The van der Waals surface area contributed by atoms with E-state index in [0.717, 1.165) is 5.56 Å². The van der Waals surface area contributed by atoms with Gasteiger partial charge in [-0.05, 0) is 60.7 Å². The molecule has 0 atom stereocenters. The Kier molecular flexibility index (Phi) is 9.01. The predicted molar refractivity (Wildman–Crippen MR) is 155 cm³/mol. The van der Waals surface area contributed by atoms with Crippen LogP contribution in [0.25, 0.3) is 22.3 Å². The third-order valence-corrected chi connectivity index (χ3v) is 5.80. The van der Waals surface area contributed by atoms with Crippen molar-refractivity contribution in [3.63, 3.8) is 0 Å². The van der Waals surface area contributed by atoms with Crippen molar-refractivity contribution in [2.75, 3.05) is 19.5 Å². The molecule has 0 spiro atoms. The van der Waals surface area contributed by atoms with Crippen LogP contribution >= 0.6 is 0 Å². The molecule has 0 aliphatic carbocycles. The van der Waals surface area contributed by atoms with Gasteiger partial charge in [0.05, 0.1) is 19.6 Å². The number of ether oxygens (including phenoxy) is 3. The van der Waals surface area contributed by atoms with Crippen LogP contribution in [0.3, 0.4) is 0 Å². The number of para-hydroxylation sites is 1. The molecule has 0 saturated carbocycles. The van der Waals surface area contributed by atoms with Gasteiger partial charge in [-0.3, -0.25) is 9.59 Å². The summed E-state index contributed by atoms with van der Waals surface area (Å²) in [7, 11) is 3.17. The number of phenolic OH excluding ortho intramolecular Hbond substituents is 1. The van der Waals surface area contributed by atoms with Crippen molar-refractivity contribution in [3.8, 4) is 34.3 Å². The van der Waals surface area contributed by atoms with Crippen molar-refractivity contribution in [1.29, 1.82) is 0 Å². The number of hydrogen-bond acceptors (Lipinski definition) is 8. The lowest BCUT2D eigenvalue weighted by atomic mass is 10.1. The Morgan fingerprint density at radius 2 is 1.46 bits per heavy atom. The predicted octanol–water partition coefficient (Wildman–Crippen LogP) is 6.05. The van der Waals surface area contributed by atoms with Crippen LogP contribution in [-0.2, 0) is 4.79 Å². The fourth-order valence-electron chi connectivity index (χ4n) is 3.80. The second-order valence-electron chi connectivity index (χ2n) is 8.68. The molecule has 0 radical (unpaired) electrons. The molecular formula is C32H27NO8. The minimum atomic E-state index is -0.643. The number of anilines is 1. The summed E-state index contributed by atoms with van der Waals surface area (Å²) in [4.78, 5) is 34.9. The molecule has 9 nitrogen and oxygen atoms in total. The Balaban J connectivity index is 0.000000189. The highest BCUT2D eigenvalue weighted by Gasteiger charge is 2.13. The van der Waals surface area contributed by atoms with Crippen LogP contribution in [0.5, 0.6) is 23.0 Å². The number of nitrogens with one attached hydrogen (secondary N) is 1. The Bertz CT molecular complexity index is 1740. The van der Waals surface area contributed by atoms with Crippen LogP contribution in [0.4, 0.5) is 5.69 Å². The number of carbonyl (C=O) groups is 2. The first kappa shape index (κ1) is 28.4. The maximum absolute atomic E-state index is 12.2. The van der Waals surface area contributed by atoms with Gasteiger partial charge in [0.25, 0.3) is 0 Å². The average Bonchev–Trinajstić information content (AvgIpc) is 2.98. The molecular weight excluding hydrogens is 526 g/mol. The molecule has 1 aromatic heterocycles. The molecule has 0 bridgehead atoms. The summed E-state index contributed by atoms with van der Waals surface area (Å²) in [6, 6.07) is 26.5. The molecule has 5 rings (SSSR count). The van der Waals surface area contributed by atoms with E-state index in [1.807, 2.05) is 24.3 Å². The molecule has 0 fully saturated rings. The SMILES string of the molecule is CC(=O)Nc1ccc(OC(=O)c2ccccc2O)cc1.COc1cccc(-c2cc(=O)c3ccc(OC)cc3o2)c1. The Labute approximate surface area is 235 Å². The van der Waals surface area contributed by atoms with E-state index in [-0.39, 0.29) is 22.6 Å². The van der Waals surface area contributed by atoms with Crippen molar-refractivity contribution in [2.45, 2.75) is 6.92 Å². The zero-order chi connectivity index (χ0) is 29.4. The first-order chi connectivity index (χ1) is 19.8. The largest absolute Gasteiger partial charge is 0.507 e. The standard InChI is InChI=1S/C17H14O4.C15H13NO4/c1-19-12-5-3-4-11(8-12)16-10-15(18)14-7-6-13(20-2)9-17(14)21-16;1-10(17)16-11-6-8-12(9-7-11)20-15(19)13-4-2-3-5-14(13)18/h3-10H,1-2H3;2-9,18H,1H3,(H,16,17). The summed E-state index contributed by atoms with van der Waals surface area (Å²) in [5, 5.41) is 12.7. The summed E-state index contributed by atoms with van der Waals surface area (Å²) >= 11 is 0. The summed E-state index contributed by atoms with van der Waals surface area (Å²) in [5.74, 6) is 1.23. The van der Waals surface area contributed by atoms with E-state index >= 15 is 0 Å². The number of fused-ring (bicyclic) bond motifs is 1. The molecule has 5 aromatic rings. The summed E-state index contributed by atoms with van der Waals surface area (Å²) in [5.41, 5.74) is 1.91. The van der Waals surface area contributed by atoms with E-state index in [4.69, 9.17) is 18.6 Å². The third kappa shape index (κ3) is 7.30. The van der Waals surface area contributed by atoms with Crippen molar-refractivity contribution < 1.29 is 33.3 Å². The minimum absolute atomic E-state index is 0.0864. The number of amides is 1. The lowest BCUT2D eigenvalue weighted by Crippen LogP contribution is -2.09. The highest BCUT2D eigenvalue weighted by Crippen LogP contribution is 2.27. The zero-order valence-electron chi connectivity index (χ0n) is 22.5. The maximum atomic E-state index is 12.2. The number of esters is 1. The Morgan fingerprint density at radius 3 is 2.15 bits per heavy atom. The quantitative estimate of drug-likeness (QED) is 0.192. The molecule has 0 unspecified atom stereocenters. The van der Waals surface area contributed by atoms with E-state index in [1.54, 1.807) is 68.8 Å². The van der Waals surface area contributed by atoms with E-state index in [9.17, 15) is 19.5 Å². The number of aromatic hydroxyl groups is 1. The molecule has 208 valence electrons. The summed E-state index contributed by atoms with van der Waals surface area (Å²) < 4.78 is 21.3. The van der Waals surface area contributed by atoms with E-state index < -0.39 is 5.97 Å². The fraction of sp³-hybridized carbons (Fsp3) is 0.0938. The first-order valence-corrected chi connectivity index (χ1v) is 12.4. The van der Waals surface area contributed by atoms with Gasteiger partial charge in [-0.25, -0.2) is 4.79 Å². The summed E-state index contributed by atoms with van der Waals surface area (Å²) in [6.07, 6.45) is 0. The van der Waals surface area contributed by atoms with Crippen LogP contribution in [0.1, 0.15) is 17.3 Å². The smallest absolute Gasteiger partial charge is 0.347 e. The number of benzene rings is 4. The molecule has 2 N–H and O–H groups in total. The first-order valence-electron chi connectivity index (χ1n) is 12.4. The van der Waals surface area contributed by atoms with E-state index in [1.165, 1.54) is 25.1 Å². The maximum Gasteiger partial charge on any atom is 0.347 e. The normalized spacial score (nSPS) is 10.2. The second-order valence-corrected chi connectivity index (χ2v) is 8.68. The fourth-order valence-corrected chi connectivity index (χ4v) is 3.80. The van der Waals surface area contributed by atoms with Crippen LogP contribution in [0.2, 0.25) is 0 Å². The number of phenols is 1. The number of rotatable bonds is 6. The van der Waals surface area contributed by atoms with Gasteiger partial charge >= 0.3 is 5.97 Å². The van der Waals surface area contributed by atoms with Gasteiger partial charge in [-0.1, -0.05) is 24.3 Å². The van der Waals surface area contributed by atoms with Crippen LogP contribution in [-0.4, -0.2) is 31.2 Å². The molecule has 0 saturated heterocycles. The minimum Gasteiger partial charge on any atom is -0.507 e. The van der Waals surface area contributed by atoms with Gasteiger partial charge in [-0.2, -0.15) is 0 Å². The van der Waals surface area contributed by atoms with Gasteiger partial charge in [-0.15, -0.1) is 0 Å². The van der Waals surface area contributed by atoms with Crippen LogP contribution < -0.4 is 25.0 Å². The Morgan fingerprint density at radius 1 is 0.780 bits per heavy atom. The van der Waals surface area contributed by atoms with Gasteiger partial charge in [0.1, 0.15) is 39.9 Å². The lowest BCUT2D eigenvalue weighted by Gasteiger charge is -2.07. The van der Waals surface area contributed by atoms with Crippen LogP contribution in [0, 0.1) is 0 Å². The van der Waals surface area contributed by atoms with Crippen molar-refractivity contribution in [2.24, 2.45) is 0 Å². The number of carbonyl (C=O) groups excluding carboxylic acids is 2. The lowest BCUT2D eigenvalue weighted by molar-refractivity contribution is -0.114. The zero-order valence-corrected chi connectivity index (χ0v) is 22.5. The summed E-state index contributed by atoms with van der Waals surface area (Å²) in [6.45, 7) is 1.41. The van der Waals surface area contributed by atoms with Crippen molar-refractivity contribution in [3.05, 3.63) is 113 Å². The van der Waals surface area contributed by atoms with Gasteiger partial charge in [0.2, 0.25) is 5.91 Å². The average molecular weight is 554 g/mol. The van der Waals surface area contributed by atoms with Gasteiger partial charge < -0.3 is 29.1 Å². The molecule has 1 heterocycles. The molecule has 0 aliphatic rings. The van der Waals surface area contributed by atoms with Gasteiger partial charge in [0, 0.05) is 30.3 Å². The third-order valence-electron chi connectivity index (χ3n) is 5.80. The van der Waals surface area contributed by atoms with E-state index in [2.05, 4.69) is 5.32 Å². The van der Waals surface area contributed by atoms with Crippen LogP contribution in [0.15, 0.2) is 106 Å². The monoisotopic (exact) mass is 553 g/mol. The number of methoxy groups -OCH3 is 2.